The van der Waals surface area contributed by atoms with Gasteiger partial charge in [-0.05, 0) is 126 Å². The molecule has 107 heavy (non-hydrogen) atoms. The van der Waals surface area contributed by atoms with Crippen LogP contribution < -0.4 is 93.0 Å². The van der Waals surface area contributed by atoms with Crippen LogP contribution in [0.2, 0.25) is 0 Å². The van der Waals surface area contributed by atoms with E-state index in [4.69, 9.17) is 133 Å². The summed E-state index contributed by atoms with van der Waals surface area (Å²) in [5.74, 6) is -3.94. The molecule has 0 bridgehead atoms. The second-order valence-electron chi connectivity index (χ2n) is 29.8. The molecule has 14 rings (SSSR count). The predicted octanol–water partition coefficient (Wildman–Crippen LogP) is -10.3. The third-order valence-electron chi connectivity index (χ3n) is 17.9. The van der Waals surface area contributed by atoms with Gasteiger partial charge in [-0.25, -0.2) is 0 Å². The van der Waals surface area contributed by atoms with Crippen molar-refractivity contribution in [3.8, 4) is 0 Å². The number of carbonyl (C=O) groups is 1. The maximum Gasteiger partial charge on any atom is 1.00 e. The van der Waals surface area contributed by atoms with Crippen LogP contribution in [-0.4, -0.2) is 292 Å². The molecule has 38 heteroatoms. The summed E-state index contributed by atoms with van der Waals surface area (Å²) in [6.07, 6.45) is -8.23. The molecule has 12 aliphatic rings. The van der Waals surface area contributed by atoms with Crippen LogP contribution in [0.1, 0.15) is 116 Å². The number of fused-ring (bicyclic) bond motifs is 6. The first kappa shape index (κ1) is 99.1. The Morgan fingerprint density at radius 3 is 1.32 bits per heavy atom. The molecule has 12 fully saturated rings. The normalized spacial score (nSPS) is 37.2. The Labute approximate surface area is 675 Å². The number of aliphatic hydroxyl groups is 6. The molecule has 608 valence electrons. The number of hydrogen-bond donors (Lipinski definition) is 6. The summed E-state index contributed by atoms with van der Waals surface area (Å²) in [5.41, 5.74) is 0.291. The standard InChI is InChI=1S/C14H16.C13H22O6.C12H20O6.2C10H18O6.C9H14O5.CH4O.IO4.2Na.H2O/c1-11(2)9-12-7-8-13-5-3-4-6-14(13)10-12;1-12(2)15-6-7(17-12)8-9(14-5)10-11(16-8)19-13(3,4)18-10;1-11(2)14-5-6(16-11)8-7(13)9-10(15-8)18-12(3,4)17-9;1-9(2)14-6-7(13-3)10(4-11,5-12)16-8(6)15-9;1-10(2)15-8-7(13-3)6(5(12)4-11)14-9(8)16-10;1-9(2)13-7-6(11-3)5(4-10)12-8(7)14-9;1-2;2-1(3,4)5;;;/h3-8,10-11H,9H2,1-2H3;7-11H,6H2,1-5H3;6-10,13H,5H2,1-4H3;6-8,11-12H,4-5H2,1-3H3;5-9,11-12H,4H2,1-3H3;4-8H,1-3H3;2H,1H3;;;;1H2/q;;;;;;;-1;2*+1;/p-1/t;7?,8-,9-,10-,11-;6?,7-,8-,9-,10-;6-,7+,8+;5?,6-,7-,8-,9-;5-,6-,7-,8-;;;;;/m.11111...../s1. The van der Waals surface area contributed by atoms with Gasteiger partial charge < -0.3 is 150 Å². The molecule has 35 nitrogen and oxygen atoms in total. The van der Waals surface area contributed by atoms with E-state index < -0.39 is 153 Å². The molecule has 0 saturated carbocycles. The molecule has 0 aliphatic carbocycles. The van der Waals surface area contributed by atoms with E-state index in [0.717, 1.165) is 13.0 Å². The zero-order valence-electron chi connectivity index (χ0n) is 65.6. The maximum atomic E-state index is 10.7. The van der Waals surface area contributed by atoms with Crippen LogP contribution >= 0.6 is 0 Å². The van der Waals surface area contributed by atoms with Crippen LogP contribution in [-0.2, 0) is 120 Å². The predicted molar refractivity (Wildman–Crippen MR) is 347 cm³/mol. The topological polar surface area (TPSA) is 473 Å². The van der Waals surface area contributed by atoms with Crippen molar-refractivity contribution in [3.05, 3.63) is 48.0 Å². The molecular formula is C69H113INa2O35. The quantitative estimate of drug-likeness (QED) is 0.0616. The van der Waals surface area contributed by atoms with Crippen LogP contribution in [0.3, 0.4) is 0 Å². The monoisotopic (exact) mass is 1670 g/mol. The van der Waals surface area contributed by atoms with Crippen molar-refractivity contribution in [2.45, 2.75) is 299 Å². The first-order chi connectivity index (χ1) is 48.4. The number of carbonyl (C=O) groups excluding carboxylic acids is 1. The van der Waals surface area contributed by atoms with Gasteiger partial charge in [-0.15, -0.1) is 0 Å². The van der Waals surface area contributed by atoms with E-state index in [2.05, 4.69) is 56.3 Å². The summed E-state index contributed by atoms with van der Waals surface area (Å²) in [4.78, 5) is 10.7. The van der Waals surface area contributed by atoms with E-state index in [1.165, 1.54) is 44.1 Å². The summed E-state index contributed by atoms with van der Waals surface area (Å²) in [7, 11) is 7.19. The minimum Gasteiger partial charge on any atom is -0.870 e. The van der Waals surface area contributed by atoms with Gasteiger partial charge in [-0.3, -0.25) is 13.7 Å². The molecule has 7 N–H and O–H groups in total. The summed E-state index contributed by atoms with van der Waals surface area (Å²) >= 11 is -5.94. The molecule has 22 atom stereocenters. The fourth-order valence-corrected chi connectivity index (χ4v) is 13.9. The van der Waals surface area contributed by atoms with Crippen molar-refractivity contribution in [1.82, 2.24) is 0 Å². The van der Waals surface area contributed by atoms with Gasteiger partial charge in [0.2, 0.25) is 0 Å². The number of aliphatic hydroxyl groups excluding tert-OH is 6. The second kappa shape index (κ2) is 40.7. The zero-order valence-corrected chi connectivity index (χ0v) is 71.7. The van der Waals surface area contributed by atoms with Gasteiger partial charge in [0.1, 0.15) is 129 Å². The van der Waals surface area contributed by atoms with Gasteiger partial charge in [-0.1, -0.05) is 56.3 Å². The first-order valence-corrected chi connectivity index (χ1v) is 37.9. The molecule has 0 aromatic heterocycles. The molecule has 2 aromatic rings. The maximum absolute atomic E-state index is 10.7. The number of benzene rings is 2. The number of halogens is 1. The Kier molecular flexibility index (Phi) is 37.7. The molecule has 0 radical (unpaired) electrons. The average molecular weight is 1680 g/mol. The van der Waals surface area contributed by atoms with E-state index in [9.17, 15) is 25.2 Å². The SMILES string of the molecule is CC(C)Cc1ccc2ccccc2c1.CC1(C)OCC([C@H]2O[C@@H]3OC(C)(C)O[C@@H]3[C@@H]2O)O1.CO.CO[C@H]1[C@H]2OC(C)(C)O[C@H]2OC1(CO)CO.CO[C@H]1[C@H]2OC(C)(C)O[C@H]2O[C@@H]1C(O)CO.CO[C@H]1[C@H]2OC(C)(C)O[C@H]2O[C@@H]1C1COC(C)(C)O1.CO[C@H]1[C@H]2OC(C)(C)O[C@H]2O[C@@H]1C=O.[Na+].[Na+].[O-][I+3]([O-])([O-])[O-].[OH-]. The molecule has 3 unspecified atom stereocenters. The smallest absolute Gasteiger partial charge is 0.870 e. The van der Waals surface area contributed by atoms with Crippen molar-refractivity contribution in [2.24, 2.45) is 5.92 Å². The molecule has 12 heterocycles. The Morgan fingerprint density at radius 2 is 0.897 bits per heavy atom. The first-order valence-electron chi connectivity index (χ1n) is 34.4. The third-order valence-corrected chi connectivity index (χ3v) is 17.9. The molecule has 12 aliphatic heterocycles. The fraction of sp³-hybridized carbons (Fsp3) is 0.841. The minimum atomic E-state index is -5.94. The molecule has 0 spiro atoms. The zero-order chi connectivity index (χ0) is 77.7. The van der Waals surface area contributed by atoms with Gasteiger partial charge in [0, 0.05) is 35.5 Å². The Morgan fingerprint density at radius 1 is 0.495 bits per heavy atom. The summed E-state index contributed by atoms with van der Waals surface area (Å²) < 4.78 is 162. The number of hydrogen-bond acceptors (Lipinski definition) is 35. The number of aldehydes is 1. The molecular weight excluding hydrogens is 1560 g/mol. The van der Waals surface area contributed by atoms with E-state index in [-0.39, 0.29) is 133 Å². The van der Waals surface area contributed by atoms with Crippen LogP contribution in [0.25, 0.3) is 10.8 Å². The van der Waals surface area contributed by atoms with Crippen LogP contribution in [0, 0.1) is 5.92 Å². The van der Waals surface area contributed by atoms with Gasteiger partial charge >= 0.3 is 59.1 Å². The van der Waals surface area contributed by atoms with Crippen molar-refractivity contribution in [2.75, 3.05) is 68.6 Å². The van der Waals surface area contributed by atoms with E-state index in [0.29, 0.717) is 19.5 Å². The Bertz CT molecular complexity index is 2970. The van der Waals surface area contributed by atoms with Crippen molar-refractivity contribution in [1.29, 1.82) is 0 Å². The summed E-state index contributed by atoms with van der Waals surface area (Å²) in [6.45, 7) is 29.9. The summed E-state index contributed by atoms with van der Waals surface area (Å²) in [6, 6.07) is 15.3. The van der Waals surface area contributed by atoms with Crippen molar-refractivity contribution < 1.29 is 243 Å². The molecule has 12 saturated heterocycles. The van der Waals surface area contributed by atoms with Crippen LogP contribution in [0.15, 0.2) is 42.5 Å². The van der Waals surface area contributed by atoms with Crippen LogP contribution in [0.4, 0.5) is 0 Å². The average Bonchev–Trinajstić information content (AvgIpc) is 1.61. The largest absolute Gasteiger partial charge is 1.00 e. The Hall–Kier alpha value is -0.260. The van der Waals surface area contributed by atoms with Crippen LogP contribution in [0.5, 0.6) is 0 Å². The van der Waals surface area contributed by atoms with Crippen molar-refractivity contribution >= 4 is 17.1 Å². The van der Waals surface area contributed by atoms with Gasteiger partial charge in [0.25, 0.3) is 0 Å². The van der Waals surface area contributed by atoms with Gasteiger partial charge in [0.15, 0.2) is 78.2 Å². The van der Waals surface area contributed by atoms with Gasteiger partial charge in [0.05, 0.1) is 33.0 Å². The summed E-state index contributed by atoms with van der Waals surface area (Å²) in [5, 5.41) is 57.1. The third kappa shape index (κ3) is 26.1. The fourth-order valence-electron chi connectivity index (χ4n) is 13.9. The molecule has 2 aromatic carbocycles. The van der Waals surface area contributed by atoms with E-state index in [1.807, 2.05) is 41.5 Å². The Balaban J connectivity index is 0.000000266. The van der Waals surface area contributed by atoms with Crippen molar-refractivity contribution in [3.63, 3.8) is 0 Å². The molecule has 0 amide bonds. The van der Waals surface area contributed by atoms with Gasteiger partial charge in [-0.2, -0.15) is 0 Å². The number of methoxy groups -OCH3 is 4. The van der Waals surface area contributed by atoms with E-state index >= 15 is 0 Å². The minimum absolute atomic E-state index is 0. The second-order valence-corrected chi connectivity index (χ2v) is 31.9. The number of ether oxygens (including phenoxy) is 23. The van der Waals surface area contributed by atoms with E-state index in [1.54, 1.807) is 62.5 Å². The number of rotatable bonds is 13.